The van der Waals surface area contributed by atoms with Gasteiger partial charge in [0.15, 0.2) is 0 Å². The molecular formula is C18H21FN2O3S. The third kappa shape index (κ3) is 4.87. The lowest BCUT2D eigenvalue weighted by Gasteiger charge is -2.21. The second-order valence-corrected chi connectivity index (χ2v) is 7.52. The maximum Gasteiger partial charge on any atom is 0.243 e. The van der Waals surface area contributed by atoms with Crippen LogP contribution in [0, 0.1) is 5.82 Å². The van der Waals surface area contributed by atoms with Gasteiger partial charge in [0.2, 0.25) is 15.9 Å². The molecule has 5 nitrogen and oxygen atoms in total. The van der Waals surface area contributed by atoms with Crippen molar-refractivity contribution in [2.24, 2.45) is 0 Å². The number of carbonyl (C=O) groups is 1. The number of benzene rings is 2. The third-order valence-electron chi connectivity index (χ3n) is 3.80. The van der Waals surface area contributed by atoms with Gasteiger partial charge in [0.05, 0.1) is 17.5 Å². The van der Waals surface area contributed by atoms with E-state index in [0.717, 1.165) is 9.87 Å². The second-order valence-electron chi connectivity index (χ2n) is 5.59. The third-order valence-corrected chi connectivity index (χ3v) is 5.74. The first kappa shape index (κ1) is 19.1. The molecule has 0 saturated heterocycles. The Hall–Kier alpha value is -2.25. The zero-order valence-electron chi connectivity index (χ0n) is 14.1. The predicted octanol–water partition coefficient (Wildman–Crippen LogP) is 2.71. The summed E-state index contributed by atoms with van der Waals surface area (Å²) in [4.78, 5) is 12.4. The molecule has 2 rings (SSSR count). The molecule has 0 spiro atoms. The fraction of sp³-hybridized carbons (Fsp3) is 0.278. The summed E-state index contributed by atoms with van der Waals surface area (Å²) in [6, 6.07) is 13.4. The number of amides is 1. The van der Waals surface area contributed by atoms with Gasteiger partial charge >= 0.3 is 0 Å². The van der Waals surface area contributed by atoms with Crippen molar-refractivity contribution in [2.45, 2.75) is 24.8 Å². The maximum absolute atomic E-state index is 13.0. The van der Waals surface area contributed by atoms with Crippen molar-refractivity contribution in [1.29, 1.82) is 0 Å². The van der Waals surface area contributed by atoms with Crippen LogP contribution < -0.4 is 5.32 Å². The molecule has 0 aliphatic carbocycles. The molecule has 0 aliphatic rings. The number of hydrogen-bond donors (Lipinski definition) is 1. The molecule has 1 atom stereocenters. The number of nitrogens with zero attached hydrogens (tertiary/aromatic N) is 1. The summed E-state index contributed by atoms with van der Waals surface area (Å²) >= 11 is 0. The van der Waals surface area contributed by atoms with E-state index in [-0.39, 0.29) is 29.8 Å². The summed E-state index contributed by atoms with van der Waals surface area (Å²) < 4.78 is 39.3. The van der Waals surface area contributed by atoms with Gasteiger partial charge in [-0.2, -0.15) is 4.31 Å². The smallest absolute Gasteiger partial charge is 0.243 e. The van der Waals surface area contributed by atoms with Crippen molar-refractivity contribution in [3.63, 3.8) is 0 Å². The number of sulfonamides is 1. The topological polar surface area (TPSA) is 66.5 Å². The highest BCUT2D eigenvalue weighted by molar-refractivity contribution is 7.89. The highest BCUT2D eigenvalue weighted by Crippen LogP contribution is 2.16. The molecule has 1 amide bonds. The average Bonchev–Trinajstić information content (AvgIpc) is 2.60. The first-order valence-electron chi connectivity index (χ1n) is 7.94. The van der Waals surface area contributed by atoms with Gasteiger partial charge in [-0.15, -0.1) is 0 Å². The Balaban J connectivity index is 2.06. The van der Waals surface area contributed by atoms with Crippen LogP contribution in [0.4, 0.5) is 4.39 Å². The molecule has 0 aliphatic heterocycles. The number of rotatable bonds is 7. The predicted molar refractivity (Wildman–Crippen MR) is 93.8 cm³/mol. The number of halogens is 1. The molecule has 25 heavy (non-hydrogen) atoms. The van der Waals surface area contributed by atoms with Crippen LogP contribution in [0.5, 0.6) is 0 Å². The Morgan fingerprint density at radius 3 is 2.28 bits per heavy atom. The Labute approximate surface area is 147 Å². The summed E-state index contributed by atoms with van der Waals surface area (Å²) in [5.74, 6) is -0.772. The standard InChI is InChI=1S/C18H21FN2O3S/c1-3-21(25(23,24)17-7-5-4-6-8-17)13-18(22)20-14(2)15-9-11-16(19)12-10-15/h4-12,14H,3,13H2,1-2H3,(H,20,22). The van der Waals surface area contributed by atoms with Gasteiger partial charge in [-0.05, 0) is 36.8 Å². The van der Waals surface area contributed by atoms with Gasteiger partial charge in [-0.1, -0.05) is 37.3 Å². The summed E-state index contributed by atoms with van der Waals surface area (Å²) in [6.45, 7) is 3.33. The number of likely N-dealkylation sites (N-methyl/N-ethyl adjacent to an activating group) is 1. The summed E-state index contributed by atoms with van der Waals surface area (Å²) in [5, 5.41) is 2.74. The quantitative estimate of drug-likeness (QED) is 0.821. The van der Waals surface area contributed by atoms with Crippen LogP contribution in [0.3, 0.4) is 0 Å². The zero-order chi connectivity index (χ0) is 18.4. The summed E-state index contributed by atoms with van der Waals surface area (Å²) in [5.41, 5.74) is 0.740. The molecule has 2 aromatic carbocycles. The summed E-state index contributed by atoms with van der Waals surface area (Å²) in [7, 11) is -3.73. The lowest BCUT2D eigenvalue weighted by molar-refractivity contribution is -0.121. The Kier molecular flexibility index (Phi) is 6.27. The molecular weight excluding hydrogens is 343 g/mol. The van der Waals surface area contributed by atoms with Crippen LogP contribution in [0.1, 0.15) is 25.5 Å². The van der Waals surface area contributed by atoms with E-state index in [9.17, 15) is 17.6 Å². The number of nitrogens with one attached hydrogen (secondary N) is 1. The molecule has 0 aromatic heterocycles. The fourth-order valence-corrected chi connectivity index (χ4v) is 3.82. The van der Waals surface area contributed by atoms with Gasteiger partial charge in [-0.3, -0.25) is 4.79 Å². The van der Waals surface area contributed by atoms with Gasteiger partial charge in [-0.25, -0.2) is 12.8 Å². The van der Waals surface area contributed by atoms with Gasteiger partial charge in [0.25, 0.3) is 0 Å². The van der Waals surface area contributed by atoms with E-state index in [2.05, 4.69) is 5.32 Å². The van der Waals surface area contributed by atoms with Crippen molar-refractivity contribution < 1.29 is 17.6 Å². The molecule has 0 bridgehead atoms. The molecule has 1 N–H and O–H groups in total. The number of carbonyl (C=O) groups excluding carboxylic acids is 1. The van der Waals surface area contributed by atoms with Crippen LogP contribution in [-0.4, -0.2) is 31.7 Å². The highest BCUT2D eigenvalue weighted by Gasteiger charge is 2.25. The SMILES string of the molecule is CCN(CC(=O)NC(C)c1ccc(F)cc1)S(=O)(=O)c1ccccc1. The lowest BCUT2D eigenvalue weighted by atomic mass is 10.1. The van der Waals surface area contributed by atoms with E-state index < -0.39 is 15.9 Å². The minimum absolute atomic E-state index is 0.149. The van der Waals surface area contributed by atoms with Gasteiger partial charge in [0, 0.05) is 6.54 Å². The first-order valence-corrected chi connectivity index (χ1v) is 9.38. The minimum atomic E-state index is -3.73. The van der Waals surface area contributed by atoms with E-state index in [1.165, 1.54) is 24.3 Å². The molecule has 0 radical (unpaired) electrons. The van der Waals surface area contributed by atoms with Crippen molar-refractivity contribution >= 4 is 15.9 Å². The Morgan fingerprint density at radius 2 is 1.72 bits per heavy atom. The molecule has 0 heterocycles. The van der Waals surface area contributed by atoms with Crippen LogP contribution in [-0.2, 0) is 14.8 Å². The van der Waals surface area contributed by atoms with Crippen LogP contribution in [0.25, 0.3) is 0 Å². The van der Waals surface area contributed by atoms with Crippen molar-refractivity contribution in [2.75, 3.05) is 13.1 Å². The molecule has 2 aromatic rings. The van der Waals surface area contributed by atoms with Gasteiger partial charge in [0.1, 0.15) is 5.82 Å². The van der Waals surface area contributed by atoms with E-state index in [1.54, 1.807) is 44.2 Å². The van der Waals surface area contributed by atoms with E-state index in [4.69, 9.17) is 0 Å². The normalized spacial score (nSPS) is 12.8. The zero-order valence-corrected chi connectivity index (χ0v) is 15.0. The molecule has 7 heteroatoms. The van der Waals surface area contributed by atoms with Gasteiger partial charge < -0.3 is 5.32 Å². The van der Waals surface area contributed by atoms with Crippen molar-refractivity contribution in [3.05, 3.63) is 66.0 Å². The number of hydrogen-bond acceptors (Lipinski definition) is 3. The van der Waals surface area contributed by atoms with Crippen molar-refractivity contribution in [3.8, 4) is 0 Å². The summed E-state index contributed by atoms with van der Waals surface area (Å²) in [6.07, 6.45) is 0. The first-order chi connectivity index (χ1) is 11.8. The van der Waals surface area contributed by atoms with Crippen LogP contribution >= 0.6 is 0 Å². The van der Waals surface area contributed by atoms with Crippen LogP contribution in [0.15, 0.2) is 59.5 Å². The lowest BCUT2D eigenvalue weighted by Crippen LogP contribution is -2.41. The molecule has 0 saturated carbocycles. The minimum Gasteiger partial charge on any atom is -0.348 e. The van der Waals surface area contributed by atoms with E-state index in [1.807, 2.05) is 0 Å². The second kappa shape index (κ2) is 8.22. The van der Waals surface area contributed by atoms with Crippen LogP contribution in [0.2, 0.25) is 0 Å². The fourth-order valence-electron chi connectivity index (χ4n) is 2.39. The van der Waals surface area contributed by atoms with Crippen molar-refractivity contribution in [1.82, 2.24) is 9.62 Å². The highest BCUT2D eigenvalue weighted by atomic mass is 32.2. The molecule has 1 unspecified atom stereocenters. The monoisotopic (exact) mass is 364 g/mol. The van der Waals surface area contributed by atoms with E-state index in [0.29, 0.717) is 0 Å². The molecule has 0 fully saturated rings. The molecule has 134 valence electrons. The maximum atomic E-state index is 13.0. The van der Waals surface area contributed by atoms with E-state index >= 15 is 0 Å². The average molecular weight is 364 g/mol. The Bertz CT molecular complexity index is 808. The Morgan fingerprint density at radius 1 is 1.12 bits per heavy atom. The largest absolute Gasteiger partial charge is 0.348 e.